The van der Waals surface area contributed by atoms with Crippen LogP contribution in [-0.4, -0.2) is 43.6 Å². The van der Waals surface area contributed by atoms with Gasteiger partial charge in [0.15, 0.2) is 0 Å². The molecule has 0 aromatic rings. The molecule has 0 saturated carbocycles. The largest absolute Gasteiger partial charge is 0.375 e. The molecule has 5 nitrogen and oxygen atoms in total. The van der Waals surface area contributed by atoms with Crippen molar-refractivity contribution in [1.82, 2.24) is 4.31 Å². The molecule has 120 valence electrons. The first-order chi connectivity index (χ1) is 8.92. The van der Waals surface area contributed by atoms with Gasteiger partial charge in [0, 0.05) is 33.7 Å². The molecule has 7 heteroatoms. The van der Waals surface area contributed by atoms with Crippen molar-refractivity contribution in [3.8, 4) is 0 Å². The van der Waals surface area contributed by atoms with Gasteiger partial charge in [-0.25, -0.2) is 8.42 Å². The summed E-state index contributed by atoms with van der Waals surface area (Å²) < 4.78 is 30.5. The van der Waals surface area contributed by atoms with Gasteiger partial charge in [0.1, 0.15) is 0 Å². The van der Waals surface area contributed by atoms with E-state index < -0.39 is 9.64 Å². The molecule has 2 N–H and O–H groups in total. The van der Waals surface area contributed by atoms with E-state index in [1.165, 1.54) is 4.31 Å². The van der Waals surface area contributed by atoms with E-state index in [-0.39, 0.29) is 11.1 Å². The van der Waals surface area contributed by atoms with Gasteiger partial charge in [0.2, 0.25) is 9.64 Å². The van der Waals surface area contributed by atoms with E-state index in [4.69, 9.17) is 10.5 Å². The van der Waals surface area contributed by atoms with Gasteiger partial charge in [0.25, 0.3) is 0 Å². The molecule has 1 aliphatic rings. The Morgan fingerprint density at radius 1 is 1.25 bits per heavy atom. The minimum Gasteiger partial charge on any atom is -0.375 e. The van der Waals surface area contributed by atoms with Gasteiger partial charge in [-0.05, 0) is 52.9 Å². The van der Waals surface area contributed by atoms with Gasteiger partial charge >= 0.3 is 0 Å². The van der Waals surface area contributed by atoms with Crippen LogP contribution in [0, 0.1) is 5.92 Å². The second-order valence-electron chi connectivity index (χ2n) is 6.91. The number of nitrogens with two attached hydrogens (primary N) is 1. The Kier molecular flexibility index (Phi) is 6.02. The number of hydrogen-bond acceptors (Lipinski definition) is 4. The maximum Gasteiger partial charge on any atom is 0.224 e. The summed E-state index contributed by atoms with van der Waals surface area (Å²) in [6.07, 6.45) is 2.49. The molecule has 0 amide bonds. The topological polar surface area (TPSA) is 72.6 Å². The fourth-order valence-electron chi connectivity index (χ4n) is 2.50. The van der Waals surface area contributed by atoms with Crippen molar-refractivity contribution in [3.63, 3.8) is 0 Å². The third-order valence-electron chi connectivity index (χ3n) is 4.02. The predicted octanol–water partition coefficient (Wildman–Crippen LogP) is 1.74. The molecule has 1 saturated heterocycles. The first kappa shape index (κ1) is 18.3. The number of hydrogen-bond donors (Lipinski definition) is 1. The molecular weight excluding hydrogens is 295 g/mol. The number of nitrogens with zero attached hydrogens (tertiary/aromatic N) is 1. The summed E-state index contributed by atoms with van der Waals surface area (Å²) in [5.74, 6) is 0.381. The second-order valence-corrected chi connectivity index (χ2v) is 10.2. The summed E-state index contributed by atoms with van der Waals surface area (Å²) in [6.45, 7) is 9.95. The minimum absolute atomic E-state index is 0.215. The van der Waals surface area contributed by atoms with Crippen LogP contribution >= 0.6 is 8.44 Å². The summed E-state index contributed by atoms with van der Waals surface area (Å²) in [6, 6.07) is 0. The summed E-state index contributed by atoms with van der Waals surface area (Å²) in [5.41, 5.74) is 5.50. The Labute approximate surface area is 125 Å². The smallest absolute Gasteiger partial charge is 0.224 e. The lowest BCUT2D eigenvalue weighted by atomic mass is 9.83. The van der Waals surface area contributed by atoms with E-state index in [2.05, 4.69) is 13.8 Å². The molecule has 0 aromatic heterocycles. The molecule has 1 rings (SSSR count). The molecule has 0 aliphatic carbocycles. The highest BCUT2D eigenvalue weighted by molar-refractivity contribution is 8.36. The number of piperidine rings is 1. The van der Waals surface area contributed by atoms with Gasteiger partial charge < -0.3 is 10.5 Å². The Bertz CT molecular complexity index is 410. The van der Waals surface area contributed by atoms with Crippen LogP contribution in [0.2, 0.25) is 0 Å². The van der Waals surface area contributed by atoms with Crippen molar-refractivity contribution in [2.45, 2.75) is 58.1 Å². The highest BCUT2D eigenvalue weighted by Gasteiger charge is 2.35. The zero-order chi connectivity index (χ0) is 15.6. The Balaban J connectivity index is 2.46. The van der Waals surface area contributed by atoms with Crippen molar-refractivity contribution in [1.29, 1.82) is 0 Å². The summed E-state index contributed by atoms with van der Waals surface area (Å²) in [7, 11) is -1.22. The number of ether oxygens (including phenoxy) is 1. The summed E-state index contributed by atoms with van der Waals surface area (Å²) in [5, 5.41) is 0. The van der Waals surface area contributed by atoms with Crippen LogP contribution in [0.1, 0.15) is 47.0 Å². The van der Waals surface area contributed by atoms with Crippen molar-refractivity contribution in [2.24, 2.45) is 11.7 Å². The highest BCUT2D eigenvalue weighted by atomic mass is 32.7. The molecule has 0 radical (unpaired) electrons. The van der Waals surface area contributed by atoms with Crippen LogP contribution in [0.5, 0.6) is 0 Å². The molecule has 1 unspecified atom stereocenters. The van der Waals surface area contributed by atoms with E-state index in [9.17, 15) is 8.42 Å². The fraction of sp³-hybridized carbons (Fsp3) is 1.00. The standard InChI is InChI=1S/C13H29N2O3PS/c1-12(2,14)7-10-18-13(3,4)11-5-8-15(9-6-11)20(16,17)19/h11H,5-10,14,19H2,1-4H3. The van der Waals surface area contributed by atoms with Gasteiger partial charge in [0.05, 0.1) is 5.60 Å². The maximum atomic E-state index is 11.5. The summed E-state index contributed by atoms with van der Waals surface area (Å²) in [4.78, 5) is 0. The molecular formula is C13H29N2O3PS. The normalized spacial score (nSPS) is 20.3. The monoisotopic (exact) mass is 324 g/mol. The van der Waals surface area contributed by atoms with Gasteiger partial charge in [-0.15, -0.1) is 0 Å². The van der Waals surface area contributed by atoms with E-state index in [1.807, 2.05) is 22.3 Å². The Morgan fingerprint density at radius 3 is 2.15 bits per heavy atom. The molecule has 0 bridgehead atoms. The second kappa shape index (κ2) is 6.57. The quantitative estimate of drug-likeness (QED) is 0.755. The first-order valence-corrected chi connectivity index (χ1v) is 10.0. The van der Waals surface area contributed by atoms with E-state index in [0.29, 0.717) is 25.6 Å². The summed E-state index contributed by atoms with van der Waals surface area (Å²) >= 11 is 0. The fourth-order valence-corrected chi connectivity index (χ4v) is 3.85. The third-order valence-corrected chi connectivity index (χ3v) is 6.00. The van der Waals surface area contributed by atoms with Crippen LogP contribution in [0.3, 0.4) is 0 Å². The van der Waals surface area contributed by atoms with Crippen LogP contribution in [0.4, 0.5) is 0 Å². The van der Waals surface area contributed by atoms with Crippen LogP contribution in [-0.2, 0) is 14.4 Å². The zero-order valence-electron chi connectivity index (χ0n) is 13.1. The van der Waals surface area contributed by atoms with Crippen LogP contribution in [0.25, 0.3) is 0 Å². The molecule has 0 aromatic carbocycles. The Morgan fingerprint density at radius 2 is 1.75 bits per heavy atom. The lowest BCUT2D eigenvalue weighted by molar-refractivity contribution is -0.0758. The minimum atomic E-state index is -3.14. The molecule has 1 heterocycles. The maximum absolute atomic E-state index is 11.5. The average molecular weight is 324 g/mol. The van der Waals surface area contributed by atoms with Crippen molar-refractivity contribution in [3.05, 3.63) is 0 Å². The van der Waals surface area contributed by atoms with E-state index in [0.717, 1.165) is 19.3 Å². The predicted molar refractivity (Wildman–Crippen MR) is 85.8 cm³/mol. The van der Waals surface area contributed by atoms with Gasteiger partial charge in [-0.3, -0.25) is 0 Å². The van der Waals surface area contributed by atoms with Crippen molar-refractivity contribution >= 4 is 18.1 Å². The molecule has 0 spiro atoms. The van der Waals surface area contributed by atoms with E-state index in [1.54, 1.807) is 0 Å². The number of rotatable bonds is 6. The SMILES string of the molecule is CC(C)(N)CCOC(C)(C)C1CCN(S(=O)(=O)P)CC1. The molecule has 1 aliphatic heterocycles. The van der Waals surface area contributed by atoms with Gasteiger partial charge in [-0.2, -0.15) is 4.31 Å². The first-order valence-electron chi connectivity index (χ1n) is 7.12. The lowest BCUT2D eigenvalue weighted by Crippen LogP contribution is -2.45. The molecule has 1 atom stereocenters. The van der Waals surface area contributed by atoms with Crippen molar-refractivity contribution < 1.29 is 13.2 Å². The highest BCUT2D eigenvalue weighted by Crippen LogP contribution is 2.32. The molecule has 1 fully saturated rings. The van der Waals surface area contributed by atoms with Crippen LogP contribution in [0.15, 0.2) is 0 Å². The van der Waals surface area contributed by atoms with Crippen LogP contribution < -0.4 is 5.73 Å². The Hall–Kier alpha value is 0.260. The average Bonchev–Trinajstić information content (AvgIpc) is 2.26. The van der Waals surface area contributed by atoms with Crippen molar-refractivity contribution in [2.75, 3.05) is 19.7 Å². The van der Waals surface area contributed by atoms with Gasteiger partial charge in [-0.1, -0.05) is 0 Å². The lowest BCUT2D eigenvalue weighted by Gasteiger charge is -2.40. The molecule has 20 heavy (non-hydrogen) atoms. The third kappa shape index (κ3) is 5.94. The zero-order valence-corrected chi connectivity index (χ0v) is 15.0. The van der Waals surface area contributed by atoms with E-state index >= 15 is 0 Å².